The third-order valence-electron chi connectivity index (χ3n) is 5.82. The van der Waals surface area contributed by atoms with E-state index in [-0.39, 0.29) is 17.3 Å². The summed E-state index contributed by atoms with van der Waals surface area (Å²) in [5.41, 5.74) is 2.99. The van der Waals surface area contributed by atoms with Crippen LogP contribution >= 0.6 is 0 Å². The lowest BCUT2D eigenvalue weighted by Crippen LogP contribution is -2.51. The van der Waals surface area contributed by atoms with Gasteiger partial charge in [0, 0.05) is 13.1 Å². The van der Waals surface area contributed by atoms with E-state index in [1.807, 2.05) is 57.2 Å². The van der Waals surface area contributed by atoms with Gasteiger partial charge >= 0.3 is 0 Å². The predicted molar refractivity (Wildman–Crippen MR) is 142 cm³/mol. The molecule has 3 aromatic carbocycles. The number of rotatable bonds is 10. The number of hydrogen-bond donors (Lipinski definition) is 1. The van der Waals surface area contributed by atoms with E-state index in [0.717, 1.165) is 21.0 Å². The lowest BCUT2D eigenvalue weighted by Gasteiger charge is -2.32. The van der Waals surface area contributed by atoms with E-state index < -0.39 is 28.5 Å². The van der Waals surface area contributed by atoms with Gasteiger partial charge in [-0.25, -0.2) is 8.42 Å². The van der Waals surface area contributed by atoms with Gasteiger partial charge in [-0.05, 0) is 68.7 Å². The van der Waals surface area contributed by atoms with E-state index in [0.29, 0.717) is 12.2 Å². The van der Waals surface area contributed by atoms with Gasteiger partial charge in [-0.2, -0.15) is 0 Å². The Hall–Kier alpha value is -3.65. The predicted octanol–water partition coefficient (Wildman–Crippen LogP) is 4.05. The van der Waals surface area contributed by atoms with Crippen LogP contribution in [0.2, 0.25) is 0 Å². The molecule has 7 nitrogen and oxygen atoms in total. The fourth-order valence-corrected chi connectivity index (χ4v) is 5.45. The maximum Gasteiger partial charge on any atom is 0.264 e. The third-order valence-corrected chi connectivity index (χ3v) is 7.61. The number of sulfonamides is 1. The largest absolute Gasteiger partial charge is 0.355 e. The molecular formula is C28H33N3O4S. The van der Waals surface area contributed by atoms with Crippen molar-refractivity contribution >= 4 is 27.5 Å². The number of hydrogen-bond acceptors (Lipinski definition) is 4. The van der Waals surface area contributed by atoms with Gasteiger partial charge in [-0.1, -0.05) is 54.6 Å². The van der Waals surface area contributed by atoms with Crippen LogP contribution in [-0.2, 0) is 26.2 Å². The summed E-state index contributed by atoms with van der Waals surface area (Å²) in [7, 11) is -4.06. The van der Waals surface area contributed by atoms with Crippen LogP contribution in [0.5, 0.6) is 0 Å². The van der Waals surface area contributed by atoms with Crippen molar-refractivity contribution < 1.29 is 18.0 Å². The first kappa shape index (κ1) is 26.9. The second-order valence-electron chi connectivity index (χ2n) is 8.75. The van der Waals surface area contributed by atoms with Gasteiger partial charge in [0.2, 0.25) is 11.8 Å². The second-order valence-corrected chi connectivity index (χ2v) is 10.6. The van der Waals surface area contributed by atoms with Gasteiger partial charge in [-0.3, -0.25) is 13.9 Å². The minimum Gasteiger partial charge on any atom is -0.355 e. The highest BCUT2D eigenvalue weighted by molar-refractivity contribution is 7.92. The quantitative estimate of drug-likeness (QED) is 0.449. The number of anilines is 1. The molecule has 3 aromatic rings. The topological polar surface area (TPSA) is 86.8 Å². The molecule has 0 aromatic heterocycles. The van der Waals surface area contributed by atoms with Gasteiger partial charge in [0.15, 0.2) is 0 Å². The van der Waals surface area contributed by atoms with Crippen LogP contribution in [0.3, 0.4) is 0 Å². The van der Waals surface area contributed by atoms with Crippen LogP contribution in [0.1, 0.15) is 30.5 Å². The lowest BCUT2D eigenvalue weighted by atomic mass is 10.1. The molecule has 0 fully saturated rings. The number of aryl methyl sites for hydroxylation is 2. The summed E-state index contributed by atoms with van der Waals surface area (Å²) < 4.78 is 28.6. The molecule has 2 amide bonds. The molecule has 1 unspecified atom stereocenters. The monoisotopic (exact) mass is 507 g/mol. The highest BCUT2D eigenvalue weighted by Gasteiger charge is 2.32. The number of nitrogens with zero attached hydrogens (tertiary/aromatic N) is 2. The van der Waals surface area contributed by atoms with Gasteiger partial charge < -0.3 is 10.2 Å². The minimum atomic E-state index is -4.06. The molecule has 3 rings (SSSR count). The fourth-order valence-electron chi connectivity index (χ4n) is 4.03. The molecule has 1 atom stereocenters. The average Bonchev–Trinajstić information content (AvgIpc) is 2.86. The van der Waals surface area contributed by atoms with Crippen molar-refractivity contribution in [1.82, 2.24) is 10.2 Å². The molecule has 0 heterocycles. The molecule has 0 saturated carbocycles. The van der Waals surface area contributed by atoms with Crippen LogP contribution in [0.25, 0.3) is 0 Å². The highest BCUT2D eigenvalue weighted by atomic mass is 32.2. The lowest BCUT2D eigenvalue weighted by molar-refractivity contribution is -0.139. The normalized spacial score (nSPS) is 12.0. The molecule has 36 heavy (non-hydrogen) atoms. The van der Waals surface area contributed by atoms with E-state index in [4.69, 9.17) is 0 Å². The summed E-state index contributed by atoms with van der Waals surface area (Å²) in [6.45, 7) is 7.37. The van der Waals surface area contributed by atoms with Crippen molar-refractivity contribution in [3.63, 3.8) is 0 Å². The maximum atomic E-state index is 13.8. The average molecular weight is 508 g/mol. The number of benzene rings is 3. The zero-order valence-electron chi connectivity index (χ0n) is 21.1. The van der Waals surface area contributed by atoms with Gasteiger partial charge in [0.25, 0.3) is 10.0 Å². The molecular weight excluding hydrogens is 474 g/mol. The van der Waals surface area contributed by atoms with E-state index in [1.165, 1.54) is 17.0 Å². The SMILES string of the molecule is CCNC(=O)C(C)N(Cc1ccccc1)C(=O)CN(c1cc(C)cc(C)c1)S(=O)(=O)c1ccccc1. The van der Waals surface area contributed by atoms with E-state index in [1.54, 1.807) is 37.3 Å². The third kappa shape index (κ3) is 6.51. The molecule has 8 heteroatoms. The Morgan fingerprint density at radius 2 is 1.44 bits per heavy atom. The highest BCUT2D eigenvalue weighted by Crippen LogP contribution is 2.26. The summed E-state index contributed by atoms with van der Waals surface area (Å²) in [5, 5.41) is 2.76. The number of nitrogens with one attached hydrogen (secondary N) is 1. The standard InChI is InChI=1S/C28H33N3O4S/c1-5-29-28(33)23(4)30(19-24-12-8-6-9-13-24)27(32)20-31(25-17-21(2)16-22(3)18-25)36(34,35)26-14-10-7-11-15-26/h6-18,23H,5,19-20H2,1-4H3,(H,29,33). The number of amides is 2. The van der Waals surface area contributed by atoms with Crippen molar-refractivity contribution in [1.29, 1.82) is 0 Å². The van der Waals surface area contributed by atoms with Crippen LogP contribution in [0.4, 0.5) is 5.69 Å². The number of likely N-dealkylation sites (N-methyl/N-ethyl adjacent to an activating group) is 1. The van der Waals surface area contributed by atoms with Crippen LogP contribution in [-0.4, -0.2) is 44.3 Å². The first-order valence-electron chi connectivity index (χ1n) is 11.9. The van der Waals surface area contributed by atoms with E-state index in [9.17, 15) is 18.0 Å². The zero-order chi connectivity index (χ0) is 26.3. The van der Waals surface area contributed by atoms with Gasteiger partial charge in [-0.15, -0.1) is 0 Å². The van der Waals surface area contributed by atoms with E-state index >= 15 is 0 Å². The van der Waals surface area contributed by atoms with Gasteiger partial charge in [0.1, 0.15) is 12.6 Å². The Labute approximate surface area is 213 Å². The zero-order valence-corrected chi connectivity index (χ0v) is 22.0. The van der Waals surface area contributed by atoms with E-state index in [2.05, 4.69) is 5.32 Å². The Kier molecular flexibility index (Phi) is 8.88. The summed E-state index contributed by atoms with van der Waals surface area (Å²) in [4.78, 5) is 28.0. The second kappa shape index (κ2) is 11.9. The van der Waals surface area contributed by atoms with Crippen molar-refractivity contribution in [3.05, 3.63) is 95.6 Å². The Morgan fingerprint density at radius 3 is 2.00 bits per heavy atom. The summed E-state index contributed by atoms with van der Waals surface area (Å²) >= 11 is 0. The van der Waals surface area contributed by atoms with Crippen molar-refractivity contribution in [2.45, 2.75) is 45.2 Å². The number of carbonyl (C=O) groups is 2. The molecule has 1 N–H and O–H groups in total. The van der Waals surface area contributed by atoms with Crippen LogP contribution in [0.15, 0.2) is 83.8 Å². The van der Waals surface area contributed by atoms with Crippen molar-refractivity contribution in [2.24, 2.45) is 0 Å². The Bertz CT molecular complexity index is 1270. The fraction of sp³-hybridized carbons (Fsp3) is 0.286. The van der Waals surface area contributed by atoms with Crippen LogP contribution in [0, 0.1) is 13.8 Å². The summed E-state index contributed by atoms with van der Waals surface area (Å²) in [5.74, 6) is -0.776. The molecule has 0 aliphatic heterocycles. The van der Waals surface area contributed by atoms with Gasteiger partial charge in [0.05, 0.1) is 10.6 Å². The molecule has 0 radical (unpaired) electrons. The Balaban J connectivity index is 2.04. The summed E-state index contributed by atoms with van der Waals surface area (Å²) in [6, 6.07) is 22.0. The van der Waals surface area contributed by atoms with Crippen LogP contribution < -0.4 is 9.62 Å². The summed E-state index contributed by atoms with van der Waals surface area (Å²) in [6.07, 6.45) is 0. The minimum absolute atomic E-state index is 0.0864. The Morgan fingerprint density at radius 1 is 0.889 bits per heavy atom. The first-order valence-corrected chi connectivity index (χ1v) is 13.3. The number of carbonyl (C=O) groups excluding carboxylic acids is 2. The molecule has 190 valence electrons. The van der Waals surface area contributed by atoms with Crippen molar-refractivity contribution in [3.8, 4) is 0 Å². The molecule has 0 saturated heterocycles. The molecule has 0 spiro atoms. The maximum absolute atomic E-state index is 13.8. The smallest absolute Gasteiger partial charge is 0.264 e. The molecule has 0 aliphatic carbocycles. The van der Waals surface area contributed by atoms with Crippen molar-refractivity contribution in [2.75, 3.05) is 17.4 Å². The first-order chi connectivity index (χ1) is 17.1. The molecule has 0 aliphatic rings. The molecule has 0 bridgehead atoms.